The van der Waals surface area contributed by atoms with E-state index in [4.69, 9.17) is 4.74 Å². The summed E-state index contributed by atoms with van der Waals surface area (Å²) in [6.07, 6.45) is 1.20. The zero-order chi connectivity index (χ0) is 20.8. The molecule has 3 heterocycles. The maximum Gasteiger partial charge on any atom is 0.248 e. The van der Waals surface area contributed by atoms with Crippen LogP contribution in [-0.2, 0) is 24.3 Å². The molecule has 2 atom stereocenters. The van der Waals surface area contributed by atoms with E-state index in [-0.39, 0.29) is 21.6 Å². The number of ether oxygens (including phenoxy) is 1. The van der Waals surface area contributed by atoms with Gasteiger partial charge in [-0.25, -0.2) is 8.42 Å². The van der Waals surface area contributed by atoms with E-state index in [1.165, 1.54) is 10.4 Å². The van der Waals surface area contributed by atoms with Crippen LogP contribution in [0.5, 0.6) is 0 Å². The minimum Gasteiger partial charge on any atom is -0.379 e. The van der Waals surface area contributed by atoms with Gasteiger partial charge in [-0.1, -0.05) is 6.07 Å². The molecule has 8 nitrogen and oxygen atoms in total. The lowest BCUT2D eigenvalue weighted by atomic mass is 10.2. The van der Waals surface area contributed by atoms with Crippen molar-refractivity contribution in [3.05, 3.63) is 23.8 Å². The van der Waals surface area contributed by atoms with E-state index in [9.17, 15) is 18.0 Å². The van der Waals surface area contributed by atoms with Gasteiger partial charge in [0.25, 0.3) is 0 Å². The van der Waals surface area contributed by atoms with Crippen LogP contribution in [0.2, 0.25) is 0 Å². The highest BCUT2D eigenvalue weighted by Crippen LogP contribution is 2.47. The average Bonchev–Trinajstić information content (AvgIpc) is 3.20. The highest BCUT2D eigenvalue weighted by molar-refractivity contribution is 8.01. The second kappa shape index (κ2) is 7.57. The molecule has 0 aliphatic carbocycles. The Kier molecular flexibility index (Phi) is 5.39. The van der Waals surface area contributed by atoms with Gasteiger partial charge in [0.1, 0.15) is 6.04 Å². The highest BCUT2D eigenvalue weighted by atomic mass is 32.2. The molecule has 0 bridgehead atoms. The standard InChI is InChI=1S/C19H25N3O5S2/c1-13-3-4-14(11-16(13)29(25,26)21-7-9-27-10-8-21)20-18(24)15-12-28-19(2)6-5-17(23)22(15)19/h3-4,11,15H,5-10,12H2,1-2H3,(H,20,24)/t15-,19-/m1/s1. The number of fused-ring (bicyclic) bond motifs is 1. The van der Waals surface area contributed by atoms with Crippen LogP contribution in [0.4, 0.5) is 5.69 Å². The van der Waals surface area contributed by atoms with E-state index >= 15 is 0 Å². The van der Waals surface area contributed by atoms with Crippen LogP contribution < -0.4 is 5.32 Å². The van der Waals surface area contributed by atoms with Crippen LogP contribution in [0, 0.1) is 6.92 Å². The van der Waals surface area contributed by atoms with Gasteiger partial charge in [0.2, 0.25) is 21.8 Å². The van der Waals surface area contributed by atoms with Crippen molar-refractivity contribution >= 4 is 39.3 Å². The Morgan fingerprint density at radius 3 is 2.76 bits per heavy atom. The molecular formula is C19H25N3O5S2. The van der Waals surface area contributed by atoms with Crippen LogP contribution in [0.15, 0.2) is 23.1 Å². The number of nitrogens with zero attached hydrogens (tertiary/aromatic N) is 2. The maximum atomic E-state index is 13.0. The number of morpholine rings is 1. The molecule has 3 saturated heterocycles. The molecule has 3 aliphatic heterocycles. The van der Waals surface area contributed by atoms with Gasteiger partial charge >= 0.3 is 0 Å². The van der Waals surface area contributed by atoms with Crippen molar-refractivity contribution in [2.75, 3.05) is 37.4 Å². The largest absolute Gasteiger partial charge is 0.379 e. The highest BCUT2D eigenvalue weighted by Gasteiger charge is 2.52. The molecule has 2 amide bonds. The van der Waals surface area contributed by atoms with Crippen molar-refractivity contribution in [1.29, 1.82) is 0 Å². The fraction of sp³-hybridized carbons (Fsp3) is 0.579. The number of thioether (sulfide) groups is 1. The number of hydrogen-bond donors (Lipinski definition) is 1. The Morgan fingerprint density at radius 1 is 1.31 bits per heavy atom. The van der Waals surface area contributed by atoms with E-state index in [1.54, 1.807) is 35.7 Å². The first-order chi connectivity index (χ1) is 13.7. The number of anilines is 1. The first kappa shape index (κ1) is 20.6. The van der Waals surface area contributed by atoms with E-state index in [1.807, 2.05) is 6.92 Å². The number of hydrogen-bond acceptors (Lipinski definition) is 6. The third-order valence-corrected chi connectivity index (χ3v) is 9.34. The van der Waals surface area contributed by atoms with Gasteiger partial charge in [0.05, 0.1) is 23.0 Å². The second-order valence-electron chi connectivity index (χ2n) is 7.75. The molecule has 0 saturated carbocycles. The Labute approximate surface area is 175 Å². The number of rotatable bonds is 4. The lowest BCUT2D eigenvalue weighted by Gasteiger charge is -2.30. The summed E-state index contributed by atoms with van der Waals surface area (Å²) in [7, 11) is -3.67. The molecule has 3 aliphatic rings. The number of benzene rings is 1. The third-order valence-electron chi connectivity index (χ3n) is 5.79. The number of nitrogens with one attached hydrogen (secondary N) is 1. The van der Waals surface area contributed by atoms with Crippen molar-refractivity contribution in [2.45, 2.75) is 42.5 Å². The minimum absolute atomic E-state index is 0.00265. The lowest BCUT2D eigenvalue weighted by Crippen LogP contribution is -2.48. The summed E-state index contributed by atoms with van der Waals surface area (Å²) >= 11 is 1.62. The molecule has 0 spiro atoms. The molecule has 10 heteroatoms. The third kappa shape index (κ3) is 3.67. The fourth-order valence-corrected chi connectivity index (χ4v) is 7.21. The maximum absolute atomic E-state index is 13.0. The van der Waals surface area contributed by atoms with Crippen molar-refractivity contribution in [3.63, 3.8) is 0 Å². The first-order valence-corrected chi connectivity index (χ1v) is 12.1. The fourth-order valence-electron chi connectivity index (χ4n) is 4.12. The molecule has 158 valence electrons. The molecule has 0 aromatic heterocycles. The van der Waals surface area contributed by atoms with Gasteiger partial charge in [-0.05, 0) is 38.0 Å². The molecule has 29 heavy (non-hydrogen) atoms. The molecule has 1 N–H and O–H groups in total. The van der Waals surface area contributed by atoms with Crippen LogP contribution in [0.1, 0.15) is 25.3 Å². The molecule has 1 aromatic rings. The number of carbonyl (C=O) groups excluding carboxylic acids is 2. The zero-order valence-electron chi connectivity index (χ0n) is 16.5. The van der Waals surface area contributed by atoms with Crippen molar-refractivity contribution in [1.82, 2.24) is 9.21 Å². The molecule has 3 fully saturated rings. The number of aryl methyl sites for hydroxylation is 1. The summed E-state index contributed by atoms with van der Waals surface area (Å²) in [6, 6.07) is 4.35. The van der Waals surface area contributed by atoms with E-state index < -0.39 is 16.1 Å². The first-order valence-electron chi connectivity index (χ1n) is 9.68. The molecule has 4 rings (SSSR count). The average molecular weight is 440 g/mol. The van der Waals surface area contributed by atoms with Crippen molar-refractivity contribution < 1.29 is 22.7 Å². The SMILES string of the molecule is Cc1ccc(NC(=O)[C@H]2CS[C@]3(C)CCC(=O)N23)cc1S(=O)(=O)N1CCOCC1. The van der Waals surface area contributed by atoms with E-state index in [0.717, 1.165) is 6.42 Å². The van der Waals surface area contributed by atoms with E-state index in [2.05, 4.69) is 5.32 Å². The van der Waals surface area contributed by atoms with Crippen LogP contribution in [-0.4, -0.2) is 72.4 Å². The Hall–Kier alpha value is -1.62. The summed E-state index contributed by atoms with van der Waals surface area (Å²) < 4.78 is 32.7. The van der Waals surface area contributed by atoms with Crippen LogP contribution >= 0.6 is 11.8 Å². The number of carbonyl (C=O) groups is 2. The van der Waals surface area contributed by atoms with Crippen LogP contribution in [0.25, 0.3) is 0 Å². The Morgan fingerprint density at radius 2 is 2.03 bits per heavy atom. The topological polar surface area (TPSA) is 96.0 Å². The molecular weight excluding hydrogens is 414 g/mol. The molecule has 0 unspecified atom stereocenters. The summed E-state index contributed by atoms with van der Waals surface area (Å²) in [5.74, 6) is 0.256. The predicted octanol–water partition coefficient (Wildman–Crippen LogP) is 1.41. The number of amides is 2. The van der Waals surface area contributed by atoms with Gasteiger partial charge in [-0.15, -0.1) is 11.8 Å². The van der Waals surface area contributed by atoms with Gasteiger partial charge in [0.15, 0.2) is 0 Å². The monoisotopic (exact) mass is 439 g/mol. The van der Waals surface area contributed by atoms with Crippen molar-refractivity contribution in [3.8, 4) is 0 Å². The summed E-state index contributed by atoms with van der Waals surface area (Å²) in [5.41, 5.74) is 1.03. The Balaban J connectivity index is 1.55. The quantitative estimate of drug-likeness (QED) is 0.762. The lowest BCUT2D eigenvalue weighted by molar-refractivity contribution is -0.135. The normalized spacial score (nSPS) is 27.9. The van der Waals surface area contributed by atoms with Crippen molar-refractivity contribution in [2.24, 2.45) is 0 Å². The predicted molar refractivity (Wildman–Crippen MR) is 110 cm³/mol. The summed E-state index contributed by atoms with van der Waals surface area (Å²) in [4.78, 5) is 26.7. The van der Waals surface area contributed by atoms with Gasteiger partial charge in [0, 0.05) is 31.0 Å². The van der Waals surface area contributed by atoms with Gasteiger partial charge in [-0.2, -0.15) is 4.31 Å². The number of sulfonamides is 1. The van der Waals surface area contributed by atoms with E-state index in [0.29, 0.717) is 49.7 Å². The van der Waals surface area contributed by atoms with Crippen LogP contribution in [0.3, 0.4) is 0 Å². The summed E-state index contributed by atoms with van der Waals surface area (Å²) in [5, 5.41) is 2.82. The second-order valence-corrected chi connectivity index (χ2v) is 11.2. The molecule has 1 aromatic carbocycles. The van der Waals surface area contributed by atoms with Gasteiger partial charge in [-0.3, -0.25) is 9.59 Å². The van der Waals surface area contributed by atoms with Gasteiger partial charge < -0.3 is 15.0 Å². The minimum atomic E-state index is -3.67. The zero-order valence-corrected chi connectivity index (χ0v) is 18.1. The smallest absolute Gasteiger partial charge is 0.248 e. The molecule has 0 radical (unpaired) electrons. The summed E-state index contributed by atoms with van der Waals surface area (Å²) in [6.45, 7) is 5.10. The Bertz CT molecular complexity index is 945.